The lowest BCUT2D eigenvalue weighted by molar-refractivity contribution is 0.319. The Kier molecular flexibility index (Phi) is 5.56. The summed E-state index contributed by atoms with van der Waals surface area (Å²) in [5.41, 5.74) is 3.81. The minimum Gasteiger partial charge on any atom is -0.339 e. The fourth-order valence-corrected chi connectivity index (χ4v) is 5.04. The van der Waals surface area contributed by atoms with Crippen LogP contribution in [0, 0.1) is 6.92 Å². The summed E-state index contributed by atoms with van der Waals surface area (Å²) in [5.74, 6) is 1.85. The second kappa shape index (κ2) is 8.64. The molecule has 1 aliphatic carbocycles. The number of hydrogen-bond donors (Lipinski definition) is 1. The van der Waals surface area contributed by atoms with E-state index >= 15 is 0 Å². The van der Waals surface area contributed by atoms with Gasteiger partial charge in [-0.2, -0.15) is 4.98 Å². The maximum Gasteiger partial charge on any atom is 0.223 e. The molecule has 1 fully saturated rings. The fraction of sp³-hybridized carbons (Fsp3) is 0.333. The highest BCUT2D eigenvalue weighted by atomic mass is 16.5. The van der Waals surface area contributed by atoms with Crippen LogP contribution in [0.3, 0.4) is 0 Å². The first-order valence-corrected chi connectivity index (χ1v) is 11.3. The molecule has 3 aromatic carbocycles. The minimum atomic E-state index is 0.332. The molecule has 3 unspecified atom stereocenters. The summed E-state index contributed by atoms with van der Waals surface area (Å²) in [6.07, 6.45) is 4.93. The molecule has 0 radical (unpaired) electrons. The quantitative estimate of drug-likeness (QED) is 0.403. The van der Waals surface area contributed by atoms with Gasteiger partial charge in [0, 0.05) is 24.6 Å². The highest BCUT2D eigenvalue weighted by Gasteiger charge is 2.25. The van der Waals surface area contributed by atoms with E-state index in [0.29, 0.717) is 29.7 Å². The van der Waals surface area contributed by atoms with Gasteiger partial charge in [-0.15, -0.1) is 0 Å². The average Bonchev–Trinajstić information content (AvgIpc) is 3.25. The van der Waals surface area contributed by atoms with E-state index in [4.69, 9.17) is 4.52 Å². The molecule has 1 aromatic heterocycles. The second-order valence-corrected chi connectivity index (χ2v) is 8.78. The summed E-state index contributed by atoms with van der Waals surface area (Å²) in [6, 6.07) is 24.9. The highest BCUT2D eigenvalue weighted by molar-refractivity contribution is 5.86. The molecule has 0 amide bonds. The zero-order valence-corrected chi connectivity index (χ0v) is 18.2. The molecule has 1 heterocycles. The zero-order valence-electron chi connectivity index (χ0n) is 18.2. The van der Waals surface area contributed by atoms with Crippen molar-refractivity contribution in [2.24, 2.45) is 0 Å². The lowest BCUT2D eigenvalue weighted by Crippen LogP contribution is -2.35. The third-order valence-corrected chi connectivity index (χ3v) is 6.62. The Labute approximate surface area is 183 Å². The Bertz CT molecular complexity index is 1160. The zero-order chi connectivity index (χ0) is 21.2. The van der Waals surface area contributed by atoms with Gasteiger partial charge in [0.05, 0.1) is 0 Å². The molecule has 5 rings (SSSR count). The van der Waals surface area contributed by atoms with Crippen molar-refractivity contribution >= 4 is 10.8 Å². The molecule has 0 bridgehead atoms. The van der Waals surface area contributed by atoms with E-state index in [1.54, 1.807) is 0 Å². The largest absolute Gasteiger partial charge is 0.339 e. The first-order valence-electron chi connectivity index (χ1n) is 11.3. The number of aryl methyl sites for hydroxylation is 1. The number of nitrogens with zero attached hydrogens (tertiary/aromatic N) is 2. The van der Waals surface area contributed by atoms with Crippen LogP contribution in [0.15, 0.2) is 71.3 Å². The van der Waals surface area contributed by atoms with Crippen LogP contribution < -0.4 is 5.32 Å². The second-order valence-electron chi connectivity index (χ2n) is 8.78. The lowest BCUT2D eigenvalue weighted by atomic mass is 9.80. The van der Waals surface area contributed by atoms with E-state index in [2.05, 4.69) is 89.1 Å². The first-order chi connectivity index (χ1) is 15.2. The van der Waals surface area contributed by atoms with Gasteiger partial charge >= 0.3 is 0 Å². The molecule has 0 aliphatic heterocycles. The highest BCUT2D eigenvalue weighted by Crippen LogP contribution is 2.35. The van der Waals surface area contributed by atoms with Crippen molar-refractivity contribution in [1.82, 2.24) is 15.5 Å². The van der Waals surface area contributed by atoms with Gasteiger partial charge in [-0.1, -0.05) is 78.3 Å². The Balaban J connectivity index is 1.28. The Morgan fingerprint density at radius 1 is 0.968 bits per heavy atom. The molecule has 1 N–H and O–H groups in total. The number of aromatic nitrogens is 2. The van der Waals surface area contributed by atoms with E-state index in [0.717, 1.165) is 5.56 Å². The maximum absolute atomic E-state index is 5.11. The molecule has 0 spiro atoms. The Morgan fingerprint density at radius 3 is 2.58 bits per heavy atom. The number of nitrogens with one attached hydrogen (secondary N) is 1. The van der Waals surface area contributed by atoms with Crippen LogP contribution in [-0.2, 0) is 0 Å². The van der Waals surface area contributed by atoms with Crippen molar-refractivity contribution in [2.75, 3.05) is 0 Å². The molecule has 4 aromatic rings. The van der Waals surface area contributed by atoms with Crippen molar-refractivity contribution in [1.29, 1.82) is 0 Å². The number of fused-ring (bicyclic) bond motifs is 1. The van der Waals surface area contributed by atoms with Gasteiger partial charge in [-0.25, -0.2) is 0 Å². The molecule has 4 heteroatoms. The molecular weight excluding hydrogens is 382 g/mol. The van der Waals surface area contributed by atoms with Gasteiger partial charge in [0.1, 0.15) is 0 Å². The average molecular weight is 412 g/mol. The van der Waals surface area contributed by atoms with Crippen LogP contribution in [0.1, 0.15) is 61.6 Å². The smallest absolute Gasteiger partial charge is 0.223 e. The topological polar surface area (TPSA) is 51.0 Å². The van der Waals surface area contributed by atoms with Crippen LogP contribution in [0.25, 0.3) is 22.2 Å². The monoisotopic (exact) mass is 411 g/mol. The number of hydrogen-bond acceptors (Lipinski definition) is 4. The van der Waals surface area contributed by atoms with Crippen molar-refractivity contribution in [3.05, 3.63) is 83.7 Å². The first kappa shape index (κ1) is 20.0. The normalized spacial score (nSPS) is 20.1. The van der Waals surface area contributed by atoms with Gasteiger partial charge in [0.15, 0.2) is 0 Å². The molecule has 1 aliphatic rings. The molecule has 0 saturated heterocycles. The summed E-state index contributed by atoms with van der Waals surface area (Å²) < 4.78 is 5.11. The van der Waals surface area contributed by atoms with Crippen molar-refractivity contribution in [3.8, 4) is 11.4 Å². The fourth-order valence-electron chi connectivity index (χ4n) is 5.04. The molecule has 31 heavy (non-hydrogen) atoms. The van der Waals surface area contributed by atoms with Crippen LogP contribution in [0.2, 0.25) is 0 Å². The van der Waals surface area contributed by atoms with Crippen LogP contribution in [0.4, 0.5) is 0 Å². The lowest BCUT2D eigenvalue weighted by Gasteiger charge is -2.32. The number of rotatable bonds is 5. The summed E-state index contributed by atoms with van der Waals surface area (Å²) in [4.78, 5) is 4.33. The van der Waals surface area contributed by atoms with Crippen molar-refractivity contribution in [3.63, 3.8) is 0 Å². The predicted molar refractivity (Wildman–Crippen MR) is 125 cm³/mol. The van der Waals surface area contributed by atoms with E-state index < -0.39 is 0 Å². The van der Waals surface area contributed by atoms with E-state index in [1.807, 2.05) is 6.92 Å². The van der Waals surface area contributed by atoms with Gasteiger partial charge in [0.25, 0.3) is 0 Å². The van der Waals surface area contributed by atoms with Crippen LogP contribution >= 0.6 is 0 Å². The molecule has 158 valence electrons. The third kappa shape index (κ3) is 4.26. The molecule has 3 atom stereocenters. The maximum atomic E-state index is 5.11. The van der Waals surface area contributed by atoms with E-state index in [1.165, 1.54) is 47.6 Å². The Hall–Kier alpha value is -2.98. The molecular formula is C27H29N3O. The van der Waals surface area contributed by atoms with Gasteiger partial charge in [0.2, 0.25) is 11.7 Å². The van der Waals surface area contributed by atoms with Gasteiger partial charge in [-0.05, 0) is 54.0 Å². The summed E-state index contributed by atoms with van der Waals surface area (Å²) in [5, 5.41) is 10.6. The summed E-state index contributed by atoms with van der Waals surface area (Å²) >= 11 is 0. The Morgan fingerprint density at radius 2 is 1.77 bits per heavy atom. The molecule has 4 nitrogen and oxygen atoms in total. The SMILES string of the molecule is Cc1nc(-c2ccc(C3CCCC(NC(C)c4cccc5ccccc45)C3)cc2)no1. The van der Waals surface area contributed by atoms with Crippen LogP contribution in [-0.4, -0.2) is 16.2 Å². The van der Waals surface area contributed by atoms with Crippen molar-refractivity contribution in [2.45, 2.75) is 57.5 Å². The summed E-state index contributed by atoms with van der Waals surface area (Å²) in [6.45, 7) is 4.12. The third-order valence-electron chi connectivity index (χ3n) is 6.62. The van der Waals surface area contributed by atoms with E-state index in [9.17, 15) is 0 Å². The van der Waals surface area contributed by atoms with Gasteiger partial charge in [-0.3, -0.25) is 0 Å². The van der Waals surface area contributed by atoms with Crippen LogP contribution in [0.5, 0.6) is 0 Å². The van der Waals surface area contributed by atoms with Gasteiger partial charge < -0.3 is 9.84 Å². The van der Waals surface area contributed by atoms with E-state index in [-0.39, 0.29) is 0 Å². The molecule has 1 saturated carbocycles. The summed E-state index contributed by atoms with van der Waals surface area (Å²) in [7, 11) is 0. The van der Waals surface area contributed by atoms with Crippen molar-refractivity contribution < 1.29 is 4.52 Å². The number of benzene rings is 3. The predicted octanol–water partition coefficient (Wildman–Crippen LogP) is 6.58. The standard InChI is InChI=1S/C27H29N3O/c1-18(25-12-6-8-21-7-3-4-11-26(21)25)28-24-10-5-9-23(17-24)20-13-15-22(16-14-20)27-29-19(2)31-30-27/h3-4,6-8,11-16,18,23-24,28H,5,9-10,17H2,1-2H3. The minimum absolute atomic E-state index is 0.332.